The SMILES string of the molecule is O=C(O)c1cccc2c1OB(O)[C@@H](NC(=O)C(NS(=O)(=O)C1CC1)c1ccc(OP(O)O)cc1)C2. The first kappa shape index (κ1) is 25.4. The minimum Gasteiger partial charge on any atom is -0.534 e. The number of nitrogens with one attached hydrogen (secondary N) is 2. The highest BCUT2D eigenvalue weighted by Crippen LogP contribution is 2.33. The Labute approximate surface area is 202 Å². The van der Waals surface area contributed by atoms with Gasteiger partial charge in [-0.15, -0.1) is 0 Å². The van der Waals surface area contributed by atoms with E-state index < -0.39 is 54.9 Å². The summed E-state index contributed by atoms with van der Waals surface area (Å²) in [6.45, 7) is 0. The predicted octanol–water partition coefficient (Wildman–Crippen LogP) is 0.238. The van der Waals surface area contributed by atoms with Gasteiger partial charge in [0.25, 0.3) is 0 Å². The Hall–Kier alpha value is -2.74. The molecule has 0 spiro atoms. The number of fused-ring (bicyclic) bond motifs is 1. The summed E-state index contributed by atoms with van der Waals surface area (Å²) in [6.07, 6.45) is 1.00. The van der Waals surface area contributed by atoms with Crippen LogP contribution in [-0.2, 0) is 21.2 Å². The van der Waals surface area contributed by atoms with Gasteiger partial charge in [0.2, 0.25) is 15.9 Å². The van der Waals surface area contributed by atoms with Crippen LogP contribution in [-0.4, -0.2) is 58.5 Å². The number of benzene rings is 2. The lowest BCUT2D eigenvalue weighted by atomic mass is 9.72. The molecular weight excluding hydrogens is 502 g/mol. The minimum atomic E-state index is -3.80. The molecule has 1 aliphatic carbocycles. The van der Waals surface area contributed by atoms with E-state index in [-0.39, 0.29) is 29.0 Å². The third kappa shape index (κ3) is 5.92. The van der Waals surface area contributed by atoms with Crippen molar-refractivity contribution in [3.8, 4) is 11.5 Å². The van der Waals surface area contributed by atoms with Crippen LogP contribution in [0.3, 0.4) is 0 Å². The Balaban J connectivity index is 1.56. The summed E-state index contributed by atoms with van der Waals surface area (Å²) in [5.74, 6) is -2.86. The largest absolute Gasteiger partial charge is 0.547 e. The Morgan fingerprint density at radius 1 is 1.14 bits per heavy atom. The molecule has 6 N–H and O–H groups in total. The molecule has 2 aromatic carbocycles. The van der Waals surface area contributed by atoms with Crippen molar-refractivity contribution in [3.63, 3.8) is 0 Å². The van der Waals surface area contributed by atoms with E-state index in [1.54, 1.807) is 6.07 Å². The third-order valence-electron chi connectivity index (χ3n) is 5.59. The Morgan fingerprint density at radius 2 is 1.83 bits per heavy atom. The highest BCUT2D eigenvalue weighted by Gasteiger charge is 2.42. The van der Waals surface area contributed by atoms with E-state index in [1.807, 2.05) is 0 Å². The number of carboxylic acids is 1. The van der Waals surface area contributed by atoms with Crippen molar-refractivity contribution < 1.29 is 47.1 Å². The number of sulfonamides is 1. The highest BCUT2D eigenvalue weighted by atomic mass is 32.2. The van der Waals surface area contributed by atoms with E-state index in [2.05, 4.69) is 10.0 Å². The van der Waals surface area contributed by atoms with Crippen LogP contribution in [0.15, 0.2) is 42.5 Å². The number of amides is 1. The second-order valence-electron chi connectivity index (χ2n) is 8.13. The normalized spacial score (nSPS) is 18.4. The van der Waals surface area contributed by atoms with Gasteiger partial charge in [0.15, 0.2) is 0 Å². The summed E-state index contributed by atoms with van der Waals surface area (Å²) in [5.41, 5.74) is 0.582. The zero-order valence-corrected chi connectivity index (χ0v) is 19.8. The van der Waals surface area contributed by atoms with E-state index in [1.165, 1.54) is 36.4 Å². The molecule has 4 rings (SSSR count). The van der Waals surface area contributed by atoms with Gasteiger partial charge in [-0.05, 0) is 48.6 Å². The first-order valence-electron chi connectivity index (χ1n) is 10.5. The molecule has 35 heavy (non-hydrogen) atoms. The second kappa shape index (κ2) is 10.1. The lowest BCUT2D eigenvalue weighted by molar-refractivity contribution is -0.123. The van der Waals surface area contributed by atoms with Crippen LogP contribution >= 0.6 is 8.60 Å². The maximum absolute atomic E-state index is 13.2. The standard InChI is InChI=1S/C20H22BN2O10PS/c24-19(22-16-10-12-2-1-3-15(20(25)26)18(12)32-21(16)27)17(23-35(30,31)14-8-9-14)11-4-6-13(7-5-11)33-34(28)29/h1-7,14,16-17,23,27-29H,8-10H2,(H,22,24)(H,25,26)/t16-,17?/m0/s1. The van der Waals surface area contributed by atoms with Gasteiger partial charge in [-0.25, -0.2) is 13.2 Å². The first-order valence-corrected chi connectivity index (χ1v) is 13.2. The molecule has 1 amide bonds. The molecule has 1 saturated carbocycles. The number of aromatic carboxylic acids is 1. The molecule has 0 aromatic heterocycles. The second-order valence-corrected chi connectivity index (χ2v) is 10.8. The van der Waals surface area contributed by atoms with Gasteiger partial charge >= 0.3 is 21.7 Å². The summed E-state index contributed by atoms with van der Waals surface area (Å²) in [6, 6.07) is 8.60. The quantitative estimate of drug-likeness (QED) is 0.196. The van der Waals surface area contributed by atoms with E-state index in [9.17, 15) is 28.1 Å². The number of carbonyl (C=O) groups excluding carboxylic acids is 1. The van der Waals surface area contributed by atoms with E-state index >= 15 is 0 Å². The van der Waals surface area contributed by atoms with Crippen molar-refractivity contribution >= 4 is 37.6 Å². The molecule has 12 nitrogen and oxygen atoms in total. The molecule has 2 atom stereocenters. The van der Waals surface area contributed by atoms with Gasteiger partial charge in [-0.1, -0.05) is 24.3 Å². The molecule has 1 fully saturated rings. The maximum atomic E-state index is 13.2. The minimum absolute atomic E-state index is 0.00676. The number of carboxylic acid groups (broad SMARTS) is 1. The summed E-state index contributed by atoms with van der Waals surface area (Å²) < 4.78 is 37.8. The summed E-state index contributed by atoms with van der Waals surface area (Å²) in [7, 11) is -8.03. The van der Waals surface area contributed by atoms with Crippen molar-refractivity contribution in [2.24, 2.45) is 0 Å². The molecule has 15 heteroatoms. The van der Waals surface area contributed by atoms with Gasteiger partial charge in [0, 0.05) is 0 Å². The van der Waals surface area contributed by atoms with Gasteiger partial charge in [0.1, 0.15) is 17.5 Å². The van der Waals surface area contributed by atoms with E-state index in [0.717, 1.165) is 0 Å². The molecule has 1 aliphatic heterocycles. The average molecular weight is 524 g/mol. The fourth-order valence-electron chi connectivity index (χ4n) is 3.71. The van der Waals surface area contributed by atoms with Crippen LogP contribution in [0.1, 0.15) is 40.4 Å². The molecule has 186 valence electrons. The number of carbonyl (C=O) groups is 2. The predicted molar refractivity (Wildman–Crippen MR) is 124 cm³/mol. The van der Waals surface area contributed by atoms with Crippen LogP contribution < -0.4 is 19.2 Å². The molecular formula is C20H22BN2O10PS. The van der Waals surface area contributed by atoms with Gasteiger partial charge in [-0.3, -0.25) is 4.79 Å². The number of rotatable bonds is 9. The van der Waals surface area contributed by atoms with Crippen molar-refractivity contribution in [2.75, 3.05) is 0 Å². The zero-order chi connectivity index (χ0) is 25.3. The lowest BCUT2D eigenvalue weighted by Gasteiger charge is -2.30. The Kier molecular flexibility index (Phi) is 7.31. The summed E-state index contributed by atoms with van der Waals surface area (Å²) >= 11 is 0. The fraction of sp³-hybridized carbons (Fsp3) is 0.300. The van der Waals surface area contributed by atoms with E-state index in [0.29, 0.717) is 18.4 Å². The molecule has 0 bridgehead atoms. The number of hydrogen-bond donors (Lipinski definition) is 6. The molecule has 1 heterocycles. The highest BCUT2D eigenvalue weighted by molar-refractivity contribution is 7.90. The first-order chi connectivity index (χ1) is 16.5. The van der Waals surface area contributed by atoms with Crippen LogP contribution in [0.5, 0.6) is 11.5 Å². The van der Waals surface area contributed by atoms with Crippen molar-refractivity contribution in [2.45, 2.75) is 36.5 Å². The molecule has 0 saturated heterocycles. The smallest absolute Gasteiger partial charge is 0.534 e. The van der Waals surface area contributed by atoms with Crippen LogP contribution in [0, 0.1) is 0 Å². The number of hydrogen-bond acceptors (Lipinski definition) is 9. The van der Waals surface area contributed by atoms with Crippen molar-refractivity contribution in [1.82, 2.24) is 10.0 Å². The monoisotopic (exact) mass is 524 g/mol. The molecule has 2 aliphatic rings. The Bertz CT molecular complexity index is 1220. The summed E-state index contributed by atoms with van der Waals surface area (Å²) in [5, 5.41) is 21.8. The fourth-order valence-corrected chi connectivity index (χ4v) is 5.54. The third-order valence-corrected chi connectivity index (χ3v) is 7.87. The van der Waals surface area contributed by atoms with Gasteiger partial charge in [-0.2, -0.15) is 4.72 Å². The number of para-hydroxylation sites is 1. The van der Waals surface area contributed by atoms with Crippen LogP contribution in [0.2, 0.25) is 0 Å². The molecule has 1 unspecified atom stereocenters. The topological polar surface area (TPSA) is 192 Å². The Morgan fingerprint density at radius 3 is 2.43 bits per heavy atom. The lowest BCUT2D eigenvalue weighted by Crippen LogP contribution is -2.55. The maximum Gasteiger partial charge on any atom is 0.547 e. The average Bonchev–Trinajstić information content (AvgIpc) is 3.64. The van der Waals surface area contributed by atoms with Crippen molar-refractivity contribution in [3.05, 3.63) is 59.2 Å². The van der Waals surface area contributed by atoms with E-state index in [4.69, 9.17) is 19.0 Å². The zero-order valence-electron chi connectivity index (χ0n) is 18.1. The van der Waals surface area contributed by atoms with Gasteiger partial charge < -0.3 is 34.4 Å². The summed E-state index contributed by atoms with van der Waals surface area (Å²) in [4.78, 5) is 42.6. The molecule has 0 radical (unpaired) electrons. The van der Waals surface area contributed by atoms with Crippen LogP contribution in [0.4, 0.5) is 0 Å². The van der Waals surface area contributed by atoms with Crippen molar-refractivity contribution in [1.29, 1.82) is 0 Å². The van der Waals surface area contributed by atoms with Gasteiger partial charge in [0.05, 0.1) is 16.8 Å². The van der Waals surface area contributed by atoms with Crippen LogP contribution in [0.25, 0.3) is 0 Å². The molecule has 2 aromatic rings.